The zero-order valence-electron chi connectivity index (χ0n) is 6.81. The van der Waals surface area contributed by atoms with Crippen LogP contribution in [-0.2, 0) is 6.42 Å². The highest BCUT2D eigenvalue weighted by molar-refractivity contribution is 5.85. The third-order valence-corrected chi connectivity index (χ3v) is 1.57. The number of nitrogens with two attached hydrogens (primary N) is 1. The van der Waals surface area contributed by atoms with E-state index in [1.54, 1.807) is 0 Å². The maximum absolute atomic E-state index is 8.79. The lowest BCUT2D eigenvalue weighted by molar-refractivity contribution is 0.172. The zero-order valence-corrected chi connectivity index (χ0v) is 7.63. The molecule has 0 saturated heterocycles. The summed E-state index contributed by atoms with van der Waals surface area (Å²) < 4.78 is 0. The third-order valence-electron chi connectivity index (χ3n) is 1.57. The Balaban J connectivity index is 0.00000121. The molecule has 2 nitrogen and oxygen atoms in total. The minimum atomic E-state index is -0.685. The largest absolute Gasteiger partial charge is 0.379 e. The van der Waals surface area contributed by atoms with E-state index in [4.69, 9.17) is 10.8 Å². The van der Waals surface area contributed by atoms with Gasteiger partial charge >= 0.3 is 0 Å². The summed E-state index contributed by atoms with van der Waals surface area (Å²) in [6.07, 6.45) is 0.790. The number of aliphatic hydroxyl groups is 1. The minimum Gasteiger partial charge on any atom is -0.379 e. The highest BCUT2D eigenvalue weighted by Crippen LogP contribution is 2.02. The standard InChI is InChI=1S/C9H13NO.ClH/c10-9(11)7-6-8-4-2-1-3-5-8;/h1-5,9,11H,6-7,10H2;1H/t9-;/m0./s1. The summed E-state index contributed by atoms with van der Waals surface area (Å²) in [6.45, 7) is 0. The first-order chi connectivity index (χ1) is 5.29. The van der Waals surface area contributed by atoms with Gasteiger partial charge in [-0.2, -0.15) is 0 Å². The van der Waals surface area contributed by atoms with Crippen LogP contribution in [0, 0.1) is 0 Å². The summed E-state index contributed by atoms with van der Waals surface area (Å²) in [6, 6.07) is 10.0. The Morgan fingerprint density at radius 1 is 1.25 bits per heavy atom. The number of aryl methyl sites for hydroxylation is 1. The van der Waals surface area contributed by atoms with Crippen LogP contribution in [-0.4, -0.2) is 11.3 Å². The Morgan fingerprint density at radius 3 is 2.33 bits per heavy atom. The molecule has 68 valence electrons. The van der Waals surface area contributed by atoms with Crippen LogP contribution >= 0.6 is 12.4 Å². The average Bonchev–Trinajstić information content (AvgIpc) is 2.03. The normalized spacial score (nSPS) is 11.8. The molecule has 1 atom stereocenters. The first-order valence-corrected chi connectivity index (χ1v) is 3.76. The van der Waals surface area contributed by atoms with E-state index in [-0.39, 0.29) is 12.4 Å². The van der Waals surface area contributed by atoms with Gasteiger partial charge < -0.3 is 10.8 Å². The molecule has 1 aromatic carbocycles. The molecule has 3 N–H and O–H groups in total. The lowest BCUT2D eigenvalue weighted by atomic mass is 10.1. The van der Waals surface area contributed by atoms with Crippen molar-refractivity contribution in [2.24, 2.45) is 5.73 Å². The van der Waals surface area contributed by atoms with Gasteiger partial charge in [0.1, 0.15) is 6.23 Å². The van der Waals surface area contributed by atoms with Gasteiger partial charge in [-0.15, -0.1) is 12.4 Å². The Kier molecular flexibility index (Phi) is 5.72. The first-order valence-electron chi connectivity index (χ1n) is 3.76. The van der Waals surface area contributed by atoms with E-state index in [1.165, 1.54) is 5.56 Å². The van der Waals surface area contributed by atoms with Crippen molar-refractivity contribution in [3.63, 3.8) is 0 Å². The smallest absolute Gasteiger partial charge is 0.102 e. The fraction of sp³-hybridized carbons (Fsp3) is 0.333. The molecule has 0 aliphatic rings. The topological polar surface area (TPSA) is 46.2 Å². The number of halogens is 1. The predicted octanol–water partition coefficient (Wildman–Crippen LogP) is 1.32. The molecule has 0 aliphatic carbocycles. The molecule has 1 aromatic rings. The van der Waals surface area contributed by atoms with Crippen molar-refractivity contribution < 1.29 is 5.11 Å². The van der Waals surface area contributed by atoms with E-state index >= 15 is 0 Å². The van der Waals surface area contributed by atoms with Crippen molar-refractivity contribution in [3.8, 4) is 0 Å². The number of hydrogen-bond donors (Lipinski definition) is 2. The van der Waals surface area contributed by atoms with Crippen molar-refractivity contribution in [2.45, 2.75) is 19.1 Å². The van der Waals surface area contributed by atoms with Gasteiger partial charge in [0.05, 0.1) is 0 Å². The van der Waals surface area contributed by atoms with Crippen molar-refractivity contribution in [3.05, 3.63) is 35.9 Å². The van der Waals surface area contributed by atoms with Crippen LogP contribution in [0.5, 0.6) is 0 Å². The van der Waals surface area contributed by atoms with E-state index in [0.717, 1.165) is 6.42 Å². The molecule has 0 unspecified atom stereocenters. The number of hydrogen-bond acceptors (Lipinski definition) is 2. The molecule has 1 rings (SSSR count). The molecular weight excluding hydrogens is 174 g/mol. The average molecular weight is 188 g/mol. The van der Waals surface area contributed by atoms with Crippen molar-refractivity contribution >= 4 is 12.4 Å². The van der Waals surface area contributed by atoms with Gasteiger partial charge in [0.15, 0.2) is 0 Å². The quantitative estimate of drug-likeness (QED) is 0.702. The number of benzene rings is 1. The van der Waals surface area contributed by atoms with Crippen LogP contribution in [0.3, 0.4) is 0 Å². The van der Waals surface area contributed by atoms with E-state index < -0.39 is 6.23 Å². The Labute approximate surface area is 78.8 Å². The molecule has 0 saturated carbocycles. The number of rotatable bonds is 3. The maximum atomic E-state index is 8.79. The van der Waals surface area contributed by atoms with E-state index in [9.17, 15) is 0 Å². The SMILES string of the molecule is Cl.N[C@@H](O)CCc1ccccc1. The lowest BCUT2D eigenvalue weighted by Gasteiger charge is -2.02. The van der Waals surface area contributed by atoms with Crippen molar-refractivity contribution in [2.75, 3.05) is 0 Å². The maximum Gasteiger partial charge on any atom is 0.102 e. The molecule has 12 heavy (non-hydrogen) atoms. The van der Waals surface area contributed by atoms with E-state index in [2.05, 4.69) is 0 Å². The highest BCUT2D eigenvalue weighted by Gasteiger charge is 1.95. The molecule has 0 aromatic heterocycles. The van der Waals surface area contributed by atoms with Crippen LogP contribution < -0.4 is 5.73 Å². The monoisotopic (exact) mass is 187 g/mol. The second-order valence-corrected chi connectivity index (χ2v) is 2.59. The minimum absolute atomic E-state index is 0. The molecule has 0 bridgehead atoms. The Morgan fingerprint density at radius 2 is 1.83 bits per heavy atom. The fourth-order valence-electron chi connectivity index (χ4n) is 0.959. The van der Waals surface area contributed by atoms with Gasteiger partial charge in [-0.1, -0.05) is 30.3 Å². The third kappa shape index (κ3) is 4.34. The molecule has 3 heteroatoms. The van der Waals surface area contributed by atoms with Crippen molar-refractivity contribution in [1.82, 2.24) is 0 Å². The predicted molar refractivity (Wildman–Crippen MR) is 52.2 cm³/mol. The van der Waals surface area contributed by atoms with Crippen LogP contribution in [0.15, 0.2) is 30.3 Å². The number of aliphatic hydroxyl groups excluding tert-OH is 1. The lowest BCUT2D eigenvalue weighted by Crippen LogP contribution is -2.19. The molecule has 0 aliphatic heterocycles. The summed E-state index contributed by atoms with van der Waals surface area (Å²) in [5, 5.41) is 8.79. The molecule has 0 fully saturated rings. The molecule has 0 spiro atoms. The first kappa shape index (κ1) is 11.4. The summed E-state index contributed by atoms with van der Waals surface area (Å²) in [5.74, 6) is 0. The van der Waals surface area contributed by atoms with Crippen molar-refractivity contribution in [1.29, 1.82) is 0 Å². The zero-order chi connectivity index (χ0) is 8.10. The van der Waals surface area contributed by atoms with Gasteiger partial charge in [0.2, 0.25) is 0 Å². The van der Waals surface area contributed by atoms with Crippen LogP contribution in [0.1, 0.15) is 12.0 Å². The van der Waals surface area contributed by atoms with Crippen LogP contribution in [0.4, 0.5) is 0 Å². The van der Waals surface area contributed by atoms with Crippen LogP contribution in [0.25, 0.3) is 0 Å². The van der Waals surface area contributed by atoms with Crippen LogP contribution in [0.2, 0.25) is 0 Å². The molecule has 0 radical (unpaired) electrons. The highest BCUT2D eigenvalue weighted by atomic mass is 35.5. The summed E-state index contributed by atoms with van der Waals surface area (Å²) in [5.41, 5.74) is 6.42. The summed E-state index contributed by atoms with van der Waals surface area (Å²) >= 11 is 0. The van der Waals surface area contributed by atoms with E-state index in [0.29, 0.717) is 6.42 Å². The fourth-order valence-corrected chi connectivity index (χ4v) is 0.959. The van der Waals surface area contributed by atoms with E-state index in [1.807, 2.05) is 30.3 Å². The Hall–Kier alpha value is -0.570. The molecule has 0 heterocycles. The van der Waals surface area contributed by atoms with Gasteiger partial charge in [0, 0.05) is 0 Å². The van der Waals surface area contributed by atoms with Gasteiger partial charge in [-0.25, -0.2) is 0 Å². The Bertz CT molecular complexity index is 201. The second-order valence-electron chi connectivity index (χ2n) is 2.59. The van der Waals surface area contributed by atoms with Gasteiger partial charge in [0.25, 0.3) is 0 Å². The molecule has 0 amide bonds. The summed E-state index contributed by atoms with van der Waals surface area (Å²) in [4.78, 5) is 0. The second kappa shape index (κ2) is 6.00. The summed E-state index contributed by atoms with van der Waals surface area (Å²) in [7, 11) is 0. The molecular formula is C9H14ClNO. The van der Waals surface area contributed by atoms with Gasteiger partial charge in [-0.3, -0.25) is 0 Å². The van der Waals surface area contributed by atoms with Gasteiger partial charge in [-0.05, 0) is 18.4 Å².